The van der Waals surface area contributed by atoms with Crippen molar-refractivity contribution in [3.63, 3.8) is 0 Å². The van der Waals surface area contributed by atoms with Gasteiger partial charge in [-0.2, -0.15) is 5.26 Å². The van der Waals surface area contributed by atoms with Gasteiger partial charge in [0.25, 0.3) is 0 Å². The maximum absolute atomic E-state index is 14.5. The topological polar surface area (TPSA) is 61.2 Å². The van der Waals surface area contributed by atoms with E-state index in [1.165, 1.54) is 18.2 Å². The third-order valence-corrected chi connectivity index (χ3v) is 4.56. The normalized spacial score (nSPS) is 21.4. The van der Waals surface area contributed by atoms with Gasteiger partial charge in [0.05, 0.1) is 18.2 Å². The van der Waals surface area contributed by atoms with Crippen molar-refractivity contribution in [3.8, 4) is 6.07 Å². The highest BCUT2D eigenvalue weighted by atomic mass is 19.1. The van der Waals surface area contributed by atoms with Crippen LogP contribution in [0.5, 0.6) is 0 Å². The van der Waals surface area contributed by atoms with Crippen molar-refractivity contribution in [1.29, 1.82) is 5.26 Å². The highest BCUT2D eigenvalue weighted by Crippen LogP contribution is 2.29. The van der Waals surface area contributed by atoms with Gasteiger partial charge in [0.15, 0.2) is 0 Å². The van der Waals surface area contributed by atoms with Gasteiger partial charge in [-0.25, -0.2) is 13.8 Å². The summed E-state index contributed by atoms with van der Waals surface area (Å²) in [4.78, 5) is 6.20. The Kier molecular flexibility index (Phi) is 5.99. The van der Waals surface area contributed by atoms with Gasteiger partial charge in [-0.15, -0.1) is 0 Å². The molecule has 1 aromatic heterocycles. The smallest absolute Gasteiger partial charge is 0.142 e. The second-order valence-electron chi connectivity index (χ2n) is 6.76. The Hall–Kier alpha value is -2.56. The lowest BCUT2D eigenvalue weighted by atomic mass is 10.0. The highest BCUT2D eigenvalue weighted by molar-refractivity contribution is 5.39. The van der Waals surface area contributed by atoms with E-state index in [0.717, 1.165) is 0 Å². The van der Waals surface area contributed by atoms with Crippen LogP contribution >= 0.6 is 0 Å². The van der Waals surface area contributed by atoms with E-state index in [1.54, 1.807) is 18.2 Å². The molecule has 1 N–H and O–H groups in total. The van der Waals surface area contributed by atoms with E-state index < -0.39 is 17.7 Å². The number of pyridine rings is 1. The minimum atomic E-state index is -0.577. The minimum Gasteiger partial charge on any atom is -0.373 e. The zero-order valence-electron chi connectivity index (χ0n) is 15.3. The number of nitrogens with one attached hydrogen (secondary N) is 1. The van der Waals surface area contributed by atoms with Gasteiger partial charge in [0, 0.05) is 25.2 Å². The lowest BCUT2D eigenvalue weighted by Gasteiger charge is -2.40. The first-order valence-electron chi connectivity index (χ1n) is 8.92. The Morgan fingerprint density at radius 2 is 1.81 bits per heavy atom. The highest BCUT2D eigenvalue weighted by Gasteiger charge is 2.32. The molecule has 3 rings (SSSR count). The average Bonchev–Trinajstić information content (AvgIpc) is 2.63. The number of nitrogens with zero attached hydrogens (tertiary/aromatic N) is 3. The van der Waals surface area contributed by atoms with Gasteiger partial charge in [-0.3, -0.25) is 4.90 Å². The zero-order valence-corrected chi connectivity index (χ0v) is 15.3. The van der Waals surface area contributed by atoms with Crippen LogP contribution in [0.25, 0.3) is 0 Å². The molecule has 27 heavy (non-hydrogen) atoms. The van der Waals surface area contributed by atoms with Crippen molar-refractivity contribution in [1.82, 2.24) is 9.88 Å². The number of benzene rings is 1. The van der Waals surface area contributed by atoms with Crippen LogP contribution in [0.2, 0.25) is 0 Å². The quantitative estimate of drug-likeness (QED) is 0.871. The lowest BCUT2D eigenvalue weighted by molar-refractivity contribution is -0.0801. The zero-order chi connectivity index (χ0) is 19.4. The summed E-state index contributed by atoms with van der Waals surface area (Å²) in [5.41, 5.74) is 0.310. The molecule has 5 nitrogen and oxygen atoms in total. The predicted molar refractivity (Wildman–Crippen MR) is 98.1 cm³/mol. The molecule has 1 aliphatic rings. The third-order valence-electron chi connectivity index (χ3n) is 4.56. The monoisotopic (exact) mass is 372 g/mol. The molecule has 142 valence electrons. The number of hydrogen-bond acceptors (Lipinski definition) is 5. The molecule has 0 bridgehead atoms. The molecule has 1 saturated heterocycles. The van der Waals surface area contributed by atoms with Crippen molar-refractivity contribution >= 4 is 5.82 Å². The summed E-state index contributed by atoms with van der Waals surface area (Å²) in [6.45, 7) is 5.27. The molecule has 2 aromatic rings. The average molecular weight is 372 g/mol. The number of rotatable bonds is 5. The number of aromatic nitrogens is 1. The van der Waals surface area contributed by atoms with Crippen LogP contribution in [0.1, 0.15) is 31.1 Å². The summed E-state index contributed by atoms with van der Waals surface area (Å²) in [5.74, 6) is -0.662. The van der Waals surface area contributed by atoms with Crippen LogP contribution in [-0.2, 0) is 4.74 Å². The Labute approximate surface area is 157 Å². The summed E-state index contributed by atoms with van der Waals surface area (Å²) < 4.78 is 34.8. The van der Waals surface area contributed by atoms with Crippen molar-refractivity contribution in [2.24, 2.45) is 0 Å². The summed E-state index contributed by atoms with van der Waals surface area (Å²) >= 11 is 0. The molecule has 1 fully saturated rings. The molecule has 0 amide bonds. The lowest BCUT2D eigenvalue weighted by Crippen LogP contribution is -2.48. The van der Waals surface area contributed by atoms with E-state index in [4.69, 9.17) is 10.00 Å². The number of hydrogen-bond donors (Lipinski definition) is 1. The van der Waals surface area contributed by atoms with Crippen LogP contribution < -0.4 is 5.32 Å². The van der Waals surface area contributed by atoms with Crippen molar-refractivity contribution in [3.05, 3.63) is 59.3 Å². The second-order valence-corrected chi connectivity index (χ2v) is 6.76. The first kappa shape index (κ1) is 19.2. The summed E-state index contributed by atoms with van der Waals surface area (Å²) in [6.07, 6.45) is -0.0720. The van der Waals surface area contributed by atoms with E-state index in [9.17, 15) is 8.78 Å². The van der Waals surface area contributed by atoms with Gasteiger partial charge >= 0.3 is 0 Å². The molecule has 0 radical (unpaired) electrons. The van der Waals surface area contributed by atoms with Gasteiger partial charge < -0.3 is 10.1 Å². The van der Waals surface area contributed by atoms with E-state index in [1.807, 2.05) is 24.8 Å². The Balaban J connectivity index is 1.89. The largest absolute Gasteiger partial charge is 0.373 e. The van der Waals surface area contributed by atoms with E-state index >= 15 is 0 Å². The fourth-order valence-corrected chi connectivity index (χ4v) is 3.51. The van der Waals surface area contributed by atoms with Gasteiger partial charge in [0.1, 0.15) is 29.2 Å². The van der Waals surface area contributed by atoms with Crippen molar-refractivity contribution < 1.29 is 13.5 Å². The molecular formula is C20H22F2N4O. The fourth-order valence-electron chi connectivity index (χ4n) is 3.51. The predicted octanol–water partition coefficient (Wildman–Crippen LogP) is 3.49. The number of morpholine rings is 1. The van der Waals surface area contributed by atoms with Gasteiger partial charge in [-0.05, 0) is 38.1 Å². The fraction of sp³-hybridized carbons (Fsp3) is 0.400. The Bertz CT molecular complexity index is 809. The maximum Gasteiger partial charge on any atom is 0.142 e. The van der Waals surface area contributed by atoms with Crippen LogP contribution in [-0.4, -0.2) is 41.7 Å². The number of halogens is 2. The molecule has 7 heteroatoms. The molecule has 0 saturated carbocycles. The third kappa shape index (κ3) is 4.59. The molecule has 3 atom stereocenters. The molecule has 3 unspecified atom stereocenters. The van der Waals surface area contributed by atoms with E-state index in [2.05, 4.69) is 10.3 Å². The molecule has 2 heterocycles. The van der Waals surface area contributed by atoms with Crippen LogP contribution in [0.15, 0.2) is 36.4 Å². The molecule has 0 spiro atoms. The SMILES string of the molecule is CC1CN(C(CNc2cccc(C#N)n2)c2c(F)cccc2F)CC(C)O1. The summed E-state index contributed by atoms with van der Waals surface area (Å²) in [6, 6.07) is 10.4. The minimum absolute atomic E-state index is 0.0303. The van der Waals surface area contributed by atoms with E-state index in [-0.39, 0.29) is 30.0 Å². The first-order chi connectivity index (χ1) is 13.0. The second kappa shape index (κ2) is 8.42. The van der Waals surface area contributed by atoms with Crippen LogP contribution in [0, 0.1) is 23.0 Å². The van der Waals surface area contributed by atoms with Crippen LogP contribution in [0.4, 0.5) is 14.6 Å². The van der Waals surface area contributed by atoms with Crippen molar-refractivity contribution in [2.45, 2.75) is 32.1 Å². The molecular weight excluding hydrogens is 350 g/mol. The van der Waals surface area contributed by atoms with Gasteiger partial charge in [-0.1, -0.05) is 12.1 Å². The number of anilines is 1. The number of nitriles is 1. The van der Waals surface area contributed by atoms with Gasteiger partial charge in [0.2, 0.25) is 0 Å². The standard InChI is InChI=1S/C20H22F2N4O/c1-13-11-26(12-14(2)27-13)18(20-16(21)6-4-7-17(20)22)10-24-19-8-3-5-15(9-23)25-19/h3-8,13-14,18H,10-12H2,1-2H3,(H,24,25). The summed E-state index contributed by atoms with van der Waals surface area (Å²) in [7, 11) is 0. The Morgan fingerprint density at radius 1 is 1.19 bits per heavy atom. The molecule has 0 aliphatic carbocycles. The van der Waals surface area contributed by atoms with Crippen LogP contribution in [0.3, 0.4) is 0 Å². The molecule has 1 aliphatic heterocycles. The molecule has 1 aromatic carbocycles. The summed E-state index contributed by atoms with van der Waals surface area (Å²) in [5, 5.41) is 12.1. The first-order valence-corrected chi connectivity index (χ1v) is 8.92. The van der Waals surface area contributed by atoms with E-state index in [0.29, 0.717) is 18.9 Å². The van der Waals surface area contributed by atoms with Crippen molar-refractivity contribution in [2.75, 3.05) is 25.0 Å². The Morgan fingerprint density at radius 3 is 2.44 bits per heavy atom. The number of ether oxygens (including phenoxy) is 1. The maximum atomic E-state index is 14.5.